The van der Waals surface area contributed by atoms with Gasteiger partial charge in [0.15, 0.2) is 11.5 Å². The van der Waals surface area contributed by atoms with Crippen molar-refractivity contribution in [2.75, 3.05) is 26.7 Å². The van der Waals surface area contributed by atoms with Gasteiger partial charge in [0, 0.05) is 25.2 Å². The van der Waals surface area contributed by atoms with Gasteiger partial charge < -0.3 is 19.7 Å². The number of hydrogen-bond acceptors (Lipinski definition) is 4. The lowest BCUT2D eigenvalue weighted by atomic mass is 9.89. The third-order valence-corrected chi connectivity index (χ3v) is 5.38. The molecule has 0 fully saturated rings. The number of nitrogens with one attached hydrogen (secondary N) is 1. The van der Waals surface area contributed by atoms with Crippen molar-refractivity contribution in [2.24, 2.45) is 0 Å². The minimum atomic E-state index is 0.0665. The lowest BCUT2D eigenvalue weighted by molar-refractivity contribution is 0.0773. The first-order valence-corrected chi connectivity index (χ1v) is 10.5. The van der Waals surface area contributed by atoms with Crippen molar-refractivity contribution in [3.8, 4) is 11.5 Å². The van der Waals surface area contributed by atoms with Gasteiger partial charge in [-0.2, -0.15) is 0 Å². The van der Waals surface area contributed by atoms with E-state index in [0.29, 0.717) is 0 Å². The first-order valence-electron chi connectivity index (χ1n) is 10.5. The number of methoxy groups -OCH3 is 1. The summed E-state index contributed by atoms with van der Waals surface area (Å²) in [6, 6.07) is 12.2. The molecule has 1 atom stereocenters. The van der Waals surface area contributed by atoms with Gasteiger partial charge in [-0.15, -0.1) is 0 Å². The van der Waals surface area contributed by atoms with Gasteiger partial charge in [0.1, 0.15) is 0 Å². The van der Waals surface area contributed by atoms with E-state index in [1.54, 1.807) is 7.11 Å². The van der Waals surface area contributed by atoms with Crippen LogP contribution in [0.2, 0.25) is 0 Å². The maximum Gasteiger partial charge on any atom is 0.253 e. The van der Waals surface area contributed by atoms with Gasteiger partial charge in [-0.1, -0.05) is 12.1 Å². The summed E-state index contributed by atoms with van der Waals surface area (Å²) in [4.78, 5) is 14.4. The smallest absolute Gasteiger partial charge is 0.253 e. The van der Waals surface area contributed by atoms with Crippen LogP contribution in [-0.2, 0) is 6.42 Å². The maximum absolute atomic E-state index is 12.6. The zero-order chi connectivity index (χ0) is 21.0. The molecule has 1 N–H and O–H groups in total. The van der Waals surface area contributed by atoms with E-state index in [1.807, 2.05) is 44.7 Å². The Labute approximate surface area is 174 Å². The summed E-state index contributed by atoms with van der Waals surface area (Å²) < 4.78 is 11.5. The second-order valence-corrected chi connectivity index (χ2v) is 7.61. The van der Waals surface area contributed by atoms with Crippen LogP contribution in [0.4, 0.5) is 0 Å². The van der Waals surface area contributed by atoms with Crippen LogP contribution in [-0.4, -0.2) is 43.7 Å². The monoisotopic (exact) mass is 396 g/mol. The molecule has 0 saturated carbocycles. The fraction of sp³-hybridized carbons (Fsp3) is 0.458. The number of fused-ring (bicyclic) bond motifs is 1. The van der Waals surface area contributed by atoms with Crippen LogP contribution in [0, 0.1) is 0 Å². The van der Waals surface area contributed by atoms with Crippen LogP contribution >= 0.6 is 0 Å². The highest BCUT2D eigenvalue weighted by atomic mass is 16.5. The Morgan fingerprint density at radius 3 is 2.41 bits per heavy atom. The van der Waals surface area contributed by atoms with Crippen LogP contribution in [0.15, 0.2) is 36.4 Å². The topological polar surface area (TPSA) is 50.8 Å². The third-order valence-electron chi connectivity index (χ3n) is 5.38. The summed E-state index contributed by atoms with van der Waals surface area (Å²) >= 11 is 0. The Balaban J connectivity index is 1.92. The molecule has 5 heteroatoms. The molecule has 0 saturated heterocycles. The van der Waals surface area contributed by atoms with E-state index >= 15 is 0 Å². The molecule has 1 unspecified atom stereocenters. The van der Waals surface area contributed by atoms with E-state index in [2.05, 4.69) is 29.6 Å². The molecule has 0 bridgehead atoms. The average Bonchev–Trinajstić information content (AvgIpc) is 2.73. The molecule has 1 amide bonds. The fourth-order valence-electron chi connectivity index (χ4n) is 3.88. The molecule has 0 spiro atoms. The molecule has 29 heavy (non-hydrogen) atoms. The number of rotatable bonds is 7. The second-order valence-electron chi connectivity index (χ2n) is 7.61. The molecule has 1 heterocycles. The highest BCUT2D eigenvalue weighted by Gasteiger charge is 2.25. The molecule has 1 aliphatic rings. The Hall–Kier alpha value is -2.53. The van der Waals surface area contributed by atoms with Crippen molar-refractivity contribution in [2.45, 2.75) is 46.3 Å². The first kappa shape index (κ1) is 21.2. The van der Waals surface area contributed by atoms with Crippen LogP contribution in [0.1, 0.15) is 60.8 Å². The maximum atomic E-state index is 12.6. The van der Waals surface area contributed by atoms with E-state index in [-0.39, 0.29) is 18.1 Å². The normalized spacial score (nSPS) is 15.7. The van der Waals surface area contributed by atoms with Crippen molar-refractivity contribution in [1.29, 1.82) is 0 Å². The minimum absolute atomic E-state index is 0.0665. The Morgan fingerprint density at radius 2 is 1.83 bits per heavy atom. The summed E-state index contributed by atoms with van der Waals surface area (Å²) in [6.45, 7) is 10.4. The predicted octanol–water partition coefficient (Wildman–Crippen LogP) is 4.20. The molecule has 1 aliphatic heterocycles. The van der Waals surface area contributed by atoms with Gasteiger partial charge in [-0.25, -0.2) is 0 Å². The summed E-state index contributed by atoms with van der Waals surface area (Å²) in [5.74, 6) is 1.62. The lowest BCUT2D eigenvalue weighted by Crippen LogP contribution is -2.31. The summed E-state index contributed by atoms with van der Waals surface area (Å²) in [5.41, 5.74) is 4.34. The highest BCUT2D eigenvalue weighted by Crippen LogP contribution is 2.38. The Kier molecular flexibility index (Phi) is 6.80. The van der Waals surface area contributed by atoms with Crippen molar-refractivity contribution in [3.63, 3.8) is 0 Å². The van der Waals surface area contributed by atoms with Crippen molar-refractivity contribution < 1.29 is 14.3 Å². The standard InChI is InChI=1S/C24H32N2O3/c1-6-26(7-2)24(27)18-10-8-17(9-11-18)23-20-15-22(29-16(3)4)21(28-5)14-19(20)12-13-25-23/h8-11,14-16,23,25H,6-7,12-13H2,1-5H3. The van der Waals surface area contributed by atoms with Crippen LogP contribution < -0.4 is 14.8 Å². The van der Waals surface area contributed by atoms with Crippen molar-refractivity contribution in [3.05, 3.63) is 58.7 Å². The number of amides is 1. The number of nitrogens with zero attached hydrogens (tertiary/aromatic N) is 1. The zero-order valence-electron chi connectivity index (χ0n) is 18.1. The van der Waals surface area contributed by atoms with Gasteiger partial charge in [-0.3, -0.25) is 4.79 Å². The average molecular weight is 397 g/mol. The molecule has 3 rings (SSSR count). The van der Waals surface area contributed by atoms with E-state index in [9.17, 15) is 4.79 Å². The number of benzene rings is 2. The lowest BCUT2D eigenvalue weighted by Gasteiger charge is -2.29. The largest absolute Gasteiger partial charge is 0.493 e. The molecular weight excluding hydrogens is 364 g/mol. The van der Waals surface area contributed by atoms with E-state index in [0.717, 1.165) is 48.7 Å². The van der Waals surface area contributed by atoms with E-state index < -0.39 is 0 Å². The Bertz CT molecular complexity index is 842. The second kappa shape index (κ2) is 9.31. The predicted molar refractivity (Wildman–Crippen MR) is 116 cm³/mol. The van der Waals surface area contributed by atoms with Gasteiger partial charge in [0.25, 0.3) is 5.91 Å². The first-order chi connectivity index (χ1) is 14.0. The number of carbonyl (C=O) groups is 1. The summed E-state index contributed by atoms with van der Waals surface area (Å²) in [7, 11) is 1.68. The minimum Gasteiger partial charge on any atom is -0.493 e. The van der Waals surface area contributed by atoms with Gasteiger partial charge in [0.2, 0.25) is 0 Å². The summed E-state index contributed by atoms with van der Waals surface area (Å²) in [5, 5.41) is 3.61. The van der Waals surface area contributed by atoms with E-state index in [1.165, 1.54) is 11.1 Å². The zero-order valence-corrected chi connectivity index (χ0v) is 18.1. The van der Waals surface area contributed by atoms with Crippen molar-refractivity contribution in [1.82, 2.24) is 10.2 Å². The van der Waals surface area contributed by atoms with Gasteiger partial charge in [0.05, 0.1) is 19.3 Å². The highest BCUT2D eigenvalue weighted by molar-refractivity contribution is 5.94. The van der Waals surface area contributed by atoms with Crippen LogP contribution in [0.5, 0.6) is 11.5 Å². The number of carbonyl (C=O) groups excluding carboxylic acids is 1. The van der Waals surface area contributed by atoms with Crippen LogP contribution in [0.3, 0.4) is 0 Å². The molecule has 5 nitrogen and oxygen atoms in total. The molecule has 0 aliphatic carbocycles. The van der Waals surface area contributed by atoms with Gasteiger partial charge >= 0.3 is 0 Å². The third kappa shape index (κ3) is 4.56. The fourth-order valence-corrected chi connectivity index (χ4v) is 3.88. The number of ether oxygens (including phenoxy) is 2. The van der Waals surface area contributed by atoms with Crippen molar-refractivity contribution >= 4 is 5.91 Å². The van der Waals surface area contributed by atoms with E-state index in [4.69, 9.17) is 9.47 Å². The van der Waals surface area contributed by atoms with Crippen LogP contribution in [0.25, 0.3) is 0 Å². The molecular formula is C24H32N2O3. The molecule has 2 aromatic carbocycles. The molecule has 2 aromatic rings. The summed E-state index contributed by atoms with van der Waals surface area (Å²) in [6.07, 6.45) is 1.02. The van der Waals surface area contributed by atoms with Gasteiger partial charge in [-0.05, 0) is 75.1 Å². The SMILES string of the molecule is CCN(CC)C(=O)c1ccc(C2NCCc3cc(OC)c(OC(C)C)cc32)cc1. The number of hydrogen-bond donors (Lipinski definition) is 1. The molecule has 0 radical (unpaired) electrons. The quantitative estimate of drug-likeness (QED) is 0.762. The molecule has 0 aromatic heterocycles. The molecule has 156 valence electrons. The Morgan fingerprint density at radius 1 is 1.14 bits per heavy atom.